The Hall–Kier alpha value is -2.47. The molecule has 0 spiro atoms. The summed E-state index contributed by atoms with van der Waals surface area (Å²) < 4.78 is 10.1. The summed E-state index contributed by atoms with van der Waals surface area (Å²) >= 11 is 0. The lowest BCUT2D eigenvalue weighted by Gasteiger charge is -2.42. The highest BCUT2D eigenvalue weighted by atomic mass is 28.3. The molecule has 4 heterocycles. The SMILES string of the molecule is C[Si-](C)(C)CCOCn1ccc2c(-c3ccn(C4(CC#N)CNC4)c3)ncnc21. The summed E-state index contributed by atoms with van der Waals surface area (Å²) in [5.74, 6) is 0. The van der Waals surface area contributed by atoms with E-state index < -0.39 is 8.07 Å². The fourth-order valence-corrected chi connectivity index (χ4v) is 4.43. The second-order valence-electron chi connectivity index (χ2n) is 9.06. The van der Waals surface area contributed by atoms with Crippen LogP contribution in [0.2, 0.25) is 25.7 Å². The molecule has 153 valence electrons. The normalized spacial score (nSPS) is 15.9. The first-order chi connectivity index (χ1) is 13.9. The minimum absolute atomic E-state index is 0.144. The standard InChI is InChI=1S/C21H28N6OSi/c1-29(2,3)11-10-28-16-26-8-5-18-19(24-15-25-20(18)26)17-4-9-27(12-17)21(6-7-22)13-23-14-21/h4-5,8-9,12,15,23H,6,10-11,13-14,16H2,1-3H3/q-1. The van der Waals surface area contributed by atoms with E-state index in [0.29, 0.717) is 13.2 Å². The van der Waals surface area contributed by atoms with Gasteiger partial charge in [-0.1, -0.05) is 0 Å². The predicted octanol–water partition coefficient (Wildman–Crippen LogP) is 3.42. The van der Waals surface area contributed by atoms with Gasteiger partial charge in [0.05, 0.1) is 23.7 Å². The number of nitrogens with one attached hydrogen (secondary N) is 1. The van der Waals surface area contributed by atoms with E-state index in [-0.39, 0.29) is 5.54 Å². The molecule has 0 amide bonds. The third-order valence-corrected chi connectivity index (χ3v) is 7.32. The highest BCUT2D eigenvalue weighted by Crippen LogP contribution is 2.31. The van der Waals surface area contributed by atoms with Gasteiger partial charge in [-0.25, -0.2) is 9.97 Å². The molecule has 1 fully saturated rings. The minimum Gasteiger partial charge on any atom is -0.364 e. The number of rotatable bonds is 8. The topological polar surface area (TPSA) is 80.7 Å². The lowest BCUT2D eigenvalue weighted by molar-refractivity contribution is 0.0899. The molecule has 0 aliphatic carbocycles. The molecule has 3 aromatic heterocycles. The second-order valence-corrected chi connectivity index (χ2v) is 14.7. The van der Waals surface area contributed by atoms with Crippen molar-refractivity contribution >= 4 is 19.1 Å². The number of nitriles is 1. The van der Waals surface area contributed by atoms with E-state index in [1.54, 1.807) is 6.33 Å². The first-order valence-electron chi connectivity index (χ1n) is 10.1. The van der Waals surface area contributed by atoms with Crippen LogP contribution in [0.1, 0.15) is 6.42 Å². The average Bonchev–Trinajstić information content (AvgIpc) is 3.28. The summed E-state index contributed by atoms with van der Waals surface area (Å²) in [6, 6.07) is 7.60. The van der Waals surface area contributed by atoms with Crippen LogP contribution in [-0.2, 0) is 17.0 Å². The molecule has 3 aromatic rings. The van der Waals surface area contributed by atoms with Crippen molar-refractivity contribution in [2.24, 2.45) is 0 Å². The zero-order chi connectivity index (χ0) is 20.5. The fourth-order valence-electron chi connectivity index (χ4n) is 3.67. The van der Waals surface area contributed by atoms with Crippen LogP contribution in [0.25, 0.3) is 22.3 Å². The monoisotopic (exact) mass is 408 g/mol. The summed E-state index contributed by atoms with van der Waals surface area (Å²) in [5, 5.41) is 13.5. The van der Waals surface area contributed by atoms with Crippen LogP contribution in [0, 0.1) is 11.3 Å². The smallest absolute Gasteiger partial charge is 0.145 e. The van der Waals surface area contributed by atoms with Gasteiger partial charge in [0.25, 0.3) is 0 Å². The quantitative estimate of drug-likeness (QED) is 0.456. The summed E-state index contributed by atoms with van der Waals surface area (Å²) in [6.07, 6.45) is 8.28. The molecule has 0 radical (unpaired) electrons. The van der Waals surface area contributed by atoms with Gasteiger partial charge in [-0.05, 0) is 12.1 Å². The Balaban J connectivity index is 1.55. The Morgan fingerprint density at radius 2 is 2.07 bits per heavy atom. The lowest BCUT2D eigenvalue weighted by atomic mass is 9.89. The van der Waals surface area contributed by atoms with Crippen molar-refractivity contribution in [3.8, 4) is 17.3 Å². The third-order valence-electron chi connectivity index (χ3n) is 5.61. The molecule has 1 saturated heterocycles. The molecule has 1 aliphatic rings. The number of fused-ring (bicyclic) bond motifs is 1. The van der Waals surface area contributed by atoms with Crippen molar-refractivity contribution in [1.82, 2.24) is 24.4 Å². The van der Waals surface area contributed by atoms with Gasteiger partial charge in [-0.3, -0.25) is 0 Å². The van der Waals surface area contributed by atoms with Crippen molar-refractivity contribution in [3.05, 3.63) is 37.1 Å². The van der Waals surface area contributed by atoms with E-state index in [4.69, 9.17) is 4.74 Å². The number of aromatic nitrogens is 4. The van der Waals surface area contributed by atoms with Crippen LogP contribution >= 0.6 is 0 Å². The number of hydrogen-bond donors (Lipinski definition) is 1. The van der Waals surface area contributed by atoms with E-state index in [1.807, 2.05) is 10.8 Å². The van der Waals surface area contributed by atoms with Gasteiger partial charge >= 0.3 is 0 Å². The van der Waals surface area contributed by atoms with Crippen molar-refractivity contribution in [2.45, 2.75) is 44.4 Å². The van der Waals surface area contributed by atoms with Crippen LogP contribution in [-0.4, -0.2) is 46.9 Å². The lowest BCUT2D eigenvalue weighted by Crippen LogP contribution is -2.59. The maximum absolute atomic E-state index is 9.21. The zero-order valence-corrected chi connectivity index (χ0v) is 18.4. The largest absolute Gasteiger partial charge is 0.364 e. The van der Waals surface area contributed by atoms with Gasteiger partial charge in [0.1, 0.15) is 18.7 Å². The summed E-state index contributed by atoms with van der Waals surface area (Å²) in [4.78, 5) is 9.04. The van der Waals surface area contributed by atoms with Crippen molar-refractivity contribution in [3.63, 3.8) is 0 Å². The summed E-state index contributed by atoms with van der Waals surface area (Å²) in [5.41, 5.74) is 2.69. The number of hydrogen-bond acceptors (Lipinski definition) is 5. The minimum atomic E-state index is -1.09. The second kappa shape index (κ2) is 7.75. The molecule has 0 aromatic carbocycles. The Morgan fingerprint density at radius 3 is 2.76 bits per heavy atom. The Kier molecular flexibility index (Phi) is 5.30. The van der Waals surface area contributed by atoms with Crippen LogP contribution < -0.4 is 5.32 Å². The summed E-state index contributed by atoms with van der Waals surface area (Å²) in [7, 11) is -1.09. The molecule has 4 rings (SSSR count). The highest BCUT2D eigenvalue weighted by Gasteiger charge is 2.38. The Bertz CT molecular complexity index is 1040. The molecule has 0 atom stereocenters. The predicted molar refractivity (Wildman–Crippen MR) is 116 cm³/mol. The van der Waals surface area contributed by atoms with Crippen LogP contribution in [0.4, 0.5) is 0 Å². The maximum Gasteiger partial charge on any atom is 0.145 e. The average molecular weight is 409 g/mol. The molecule has 1 aliphatic heterocycles. The maximum atomic E-state index is 9.21. The molecule has 1 N–H and O–H groups in total. The van der Waals surface area contributed by atoms with Gasteiger partial charge in [0.2, 0.25) is 0 Å². The molecule has 7 nitrogen and oxygen atoms in total. The molecule has 29 heavy (non-hydrogen) atoms. The molecule has 0 bridgehead atoms. The highest BCUT2D eigenvalue weighted by molar-refractivity contribution is 6.76. The zero-order valence-electron chi connectivity index (χ0n) is 17.4. The Morgan fingerprint density at radius 1 is 1.24 bits per heavy atom. The molecular formula is C21H28N6OSi-. The first-order valence-corrected chi connectivity index (χ1v) is 13.8. The van der Waals surface area contributed by atoms with E-state index in [1.165, 1.54) is 0 Å². The van der Waals surface area contributed by atoms with E-state index in [2.05, 4.69) is 70.1 Å². The van der Waals surface area contributed by atoms with Crippen molar-refractivity contribution in [2.75, 3.05) is 19.7 Å². The molecule has 0 saturated carbocycles. The van der Waals surface area contributed by atoms with E-state index in [0.717, 1.165) is 48.0 Å². The number of ether oxygens (including phenoxy) is 1. The summed E-state index contributed by atoms with van der Waals surface area (Å²) in [6.45, 7) is 9.99. The Labute approximate surface area is 172 Å². The van der Waals surface area contributed by atoms with Crippen molar-refractivity contribution in [1.29, 1.82) is 5.26 Å². The van der Waals surface area contributed by atoms with Crippen LogP contribution in [0.15, 0.2) is 37.1 Å². The number of nitrogens with zero attached hydrogens (tertiary/aromatic N) is 5. The van der Waals surface area contributed by atoms with E-state index >= 15 is 0 Å². The van der Waals surface area contributed by atoms with Crippen LogP contribution in [0.3, 0.4) is 0 Å². The van der Waals surface area contributed by atoms with Crippen molar-refractivity contribution < 1.29 is 4.74 Å². The third kappa shape index (κ3) is 3.99. The van der Waals surface area contributed by atoms with Gasteiger partial charge in [0, 0.05) is 49.2 Å². The first kappa shape index (κ1) is 19.8. The van der Waals surface area contributed by atoms with Gasteiger partial charge < -0.3 is 19.2 Å². The fraction of sp³-hybridized carbons (Fsp3) is 0.476. The van der Waals surface area contributed by atoms with Gasteiger partial charge in [-0.15, -0.1) is 14.1 Å². The molecule has 8 heteroatoms. The van der Waals surface area contributed by atoms with E-state index in [9.17, 15) is 5.26 Å². The van der Waals surface area contributed by atoms with Crippen LogP contribution in [0.5, 0.6) is 0 Å². The molecule has 0 unspecified atom stereocenters. The van der Waals surface area contributed by atoms with Gasteiger partial charge in [0.15, 0.2) is 0 Å². The molecular weight excluding hydrogens is 380 g/mol. The van der Waals surface area contributed by atoms with Gasteiger partial charge in [-0.2, -0.15) is 24.9 Å².